The van der Waals surface area contributed by atoms with Crippen molar-refractivity contribution in [1.82, 2.24) is 19.8 Å². The Balaban J connectivity index is 1.19. The lowest BCUT2D eigenvalue weighted by atomic mass is 9.79. The van der Waals surface area contributed by atoms with Crippen LogP contribution in [-0.2, 0) is 22.8 Å². The maximum atomic E-state index is 11.8. The van der Waals surface area contributed by atoms with Gasteiger partial charge in [-0.1, -0.05) is 19.1 Å². The molecule has 2 saturated heterocycles. The average Bonchev–Trinajstić information content (AvgIpc) is 3.27. The minimum atomic E-state index is -3.17. The van der Waals surface area contributed by atoms with Gasteiger partial charge in [-0.25, -0.2) is 13.4 Å². The third-order valence-corrected chi connectivity index (χ3v) is 9.69. The summed E-state index contributed by atoms with van der Waals surface area (Å²) >= 11 is 0. The van der Waals surface area contributed by atoms with E-state index in [1.165, 1.54) is 63.7 Å². The van der Waals surface area contributed by atoms with Crippen LogP contribution in [0.15, 0.2) is 35.4 Å². The first kappa shape index (κ1) is 24.0. The van der Waals surface area contributed by atoms with Crippen molar-refractivity contribution in [3.8, 4) is 11.3 Å². The number of rotatable bonds is 5. The van der Waals surface area contributed by atoms with Crippen LogP contribution in [0.1, 0.15) is 58.2 Å². The number of hydrogen-bond donors (Lipinski definition) is 1. The molecule has 0 saturated carbocycles. The molecule has 3 aliphatic heterocycles. The van der Waals surface area contributed by atoms with Crippen LogP contribution in [0.5, 0.6) is 0 Å². The molecular weight excluding hydrogens is 444 g/mol. The number of imidazole rings is 1. The van der Waals surface area contributed by atoms with Gasteiger partial charge in [0.2, 0.25) is 0 Å². The topological polar surface area (TPSA) is 67.2 Å². The third-order valence-electron chi connectivity index (χ3n) is 8.56. The predicted molar refractivity (Wildman–Crippen MR) is 137 cm³/mol. The van der Waals surface area contributed by atoms with Crippen LogP contribution in [-0.4, -0.2) is 60.3 Å². The molecule has 2 fully saturated rings. The standard InChI is InChI=1S/C27H40N4O2S/c1-4-23-16-24(15-19(2)28-23)30-13-11-20(12-14-30)22-7-10-27-29-26(18-31(27)17-22)21-5-8-25(9-6-21)34(3,32)33/h5-6,8-9,18-20,22-24,28H,4,7,10-17H2,1-3H3/t19?,22-,23?,24?/m0/s1. The summed E-state index contributed by atoms with van der Waals surface area (Å²) in [5, 5.41) is 3.77. The van der Waals surface area contributed by atoms with Crippen LogP contribution in [0.2, 0.25) is 0 Å². The van der Waals surface area contributed by atoms with E-state index in [9.17, 15) is 8.42 Å². The summed E-state index contributed by atoms with van der Waals surface area (Å²) in [5.74, 6) is 2.72. The normalized spacial score (nSPS) is 29.1. The van der Waals surface area contributed by atoms with Gasteiger partial charge in [0.25, 0.3) is 0 Å². The number of aryl methyl sites for hydroxylation is 1. The summed E-state index contributed by atoms with van der Waals surface area (Å²) in [6.07, 6.45) is 12.2. The Bertz CT molecular complexity index is 1090. The fourth-order valence-corrected chi connectivity index (χ4v) is 7.21. The minimum absolute atomic E-state index is 0.357. The molecule has 4 heterocycles. The maximum absolute atomic E-state index is 11.8. The smallest absolute Gasteiger partial charge is 0.175 e. The number of nitrogens with one attached hydrogen (secondary N) is 1. The molecule has 6 nitrogen and oxygen atoms in total. The van der Waals surface area contributed by atoms with Crippen LogP contribution < -0.4 is 5.32 Å². The number of aromatic nitrogens is 2. The van der Waals surface area contributed by atoms with Gasteiger partial charge in [-0.3, -0.25) is 0 Å². The molecule has 0 radical (unpaired) electrons. The van der Waals surface area contributed by atoms with Gasteiger partial charge in [0, 0.05) is 49.1 Å². The van der Waals surface area contributed by atoms with E-state index >= 15 is 0 Å². The second-order valence-electron chi connectivity index (χ2n) is 11.0. The summed E-state index contributed by atoms with van der Waals surface area (Å²) in [6.45, 7) is 8.23. The second kappa shape index (κ2) is 9.75. The molecule has 186 valence electrons. The van der Waals surface area contributed by atoms with E-state index in [-0.39, 0.29) is 0 Å². The molecular formula is C27H40N4O2S. The van der Waals surface area contributed by atoms with Gasteiger partial charge in [0.1, 0.15) is 5.82 Å². The number of benzene rings is 1. The highest BCUT2D eigenvalue weighted by Gasteiger charge is 2.34. The van der Waals surface area contributed by atoms with Crippen molar-refractivity contribution in [3.63, 3.8) is 0 Å². The summed E-state index contributed by atoms with van der Waals surface area (Å²) in [4.78, 5) is 8.04. The van der Waals surface area contributed by atoms with Crippen molar-refractivity contribution in [2.45, 2.75) is 88.4 Å². The summed E-state index contributed by atoms with van der Waals surface area (Å²) in [6, 6.07) is 9.20. The first-order chi connectivity index (χ1) is 16.3. The number of sulfone groups is 1. The van der Waals surface area contributed by atoms with Crippen LogP contribution >= 0.6 is 0 Å². The van der Waals surface area contributed by atoms with Crippen molar-refractivity contribution in [2.75, 3.05) is 19.3 Å². The zero-order valence-electron chi connectivity index (χ0n) is 20.9. The fraction of sp³-hybridized carbons (Fsp3) is 0.667. The number of hydrogen-bond acceptors (Lipinski definition) is 5. The molecule has 3 aliphatic rings. The van der Waals surface area contributed by atoms with Crippen LogP contribution in [0, 0.1) is 11.8 Å². The molecule has 34 heavy (non-hydrogen) atoms. The van der Waals surface area contributed by atoms with Gasteiger partial charge >= 0.3 is 0 Å². The molecule has 4 atom stereocenters. The van der Waals surface area contributed by atoms with Crippen LogP contribution in [0.25, 0.3) is 11.3 Å². The van der Waals surface area contributed by atoms with Gasteiger partial charge in [0.15, 0.2) is 9.84 Å². The van der Waals surface area contributed by atoms with E-state index in [2.05, 4.69) is 34.8 Å². The van der Waals surface area contributed by atoms with Crippen molar-refractivity contribution in [2.24, 2.45) is 11.8 Å². The molecule has 0 amide bonds. The predicted octanol–water partition coefficient (Wildman–Crippen LogP) is 4.15. The monoisotopic (exact) mass is 484 g/mol. The summed E-state index contributed by atoms with van der Waals surface area (Å²) < 4.78 is 25.9. The van der Waals surface area contributed by atoms with Crippen molar-refractivity contribution >= 4 is 9.84 Å². The minimum Gasteiger partial charge on any atom is -0.334 e. The zero-order valence-corrected chi connectivity index (χ0v) is 21.7. The highest BCUT2D eigenvalue weighted by molar-refractivity contribution is 7.90. The van der Waals surface area contributed by atoms with E-state index in [4.69, 9.17) is 4.98 Å². The Kier molecular flexibility index (Phi) is 6.88. The zero-order chi connectivity index (χ0) is 23.9. The summed E-state index contributed by atoms with van der Waals surface area (Å²) in [5.41, 5.74) is 1.94. The Morgan fingerprint density at radius 1 is 1.06 bits per heavy atom. The fourth-order valence-electron chi connectivity index (χ4n) is 6.58. The van der Waals surface area contributed by atoms with E-state index in [0.717, 1.165) is 42.1 Å². The van der Waals surface area contributed by atoms with Gasteiger partial charge in [-0.15, -0.1) is 0 Å². The van der Waals surface area contributed by atoms with E-state index in [0.29, 0.717) is 17.0 Å². The quantitative estimate of drug-likeness (QED) is 0.691. The Hall–Kier alpha value is -1.70. The number of likely N-dealkylation sites (tertiary alicyclic amines) is 1. The van der Waals surface area contributed by atoms with Gasteiger partial charge < -0.3 is 14.8 Å². The van der Waals surface area contributed by atoms with Crippen molar-refractivity contribution in [3.05, 3.63) is 36.3 Å². The number of nitrogens with zero attached hydrogens (tertiary/aromatic N) is 3. The molecule has 0 spiro atoms. The van der Waals surface area contributed by atoms with Crippen LogP contribution in [0.3, 0.4) is 0 Å². The van der Waals surface area contributed by atoms with Crippen molar-refractivity contribution in [1.29, 1.82) is 0 Å². The van der Waals surface area contributed by atoms with Gasteiger partial charge in [0.05, 0.1) is 10.6 Å². The highest BCUT2D eigenvalue weighted by atomic mass is 32.2. The second-order valence-corrected chi connectivity index (χ2v) is 13.0. The molecule has 0 bridgehead atoms. The van der Waals surface area contributed by atoms with Crippen LogP contribution in [0.4, 0.5) is 0 Å². The Labute approximate surface area is 205 Å². The number of piperidine rings is 2. The van der Waals surface area contributed by atoms with E-state index < -0.39 is 9.84 Å². The van der Waals surface area contributed by atoms with Gasteiger partial charge in [-0.05, 0) is 82.5 Å². The molecule has 7 heteroatoms. The Morgan fingerprint density at radius 2 is 1.79 bits per heavy atom. The molecule has 5 rings (SSSR count). The molecule has 1 N–H and O–H groups in total. The Morgan fingerprint density at radius 3 is 2.47 bits per heavy atom. The first-order valence-corrected chi connectivity index (χ1v) is 15.1. The molecule has 1 aromatic carbocycles. The highest BCUT2D eigenvalue weighted by Crippen LogP contribution is 2.35. The average molecular weight is 485 g/mol. The van der Waals surface area contributed by atoms with E-state index in [1.807, 2.05) is 12.1 Å². The van der Waals surface area contributed by atoms with Crippen molar-refractivity contribution < 1.29 is 8.42 Å². The molecule has 2 aromatic rings. The summed E-state index contributed by atoms with van der Waals surface area (Å²) in [7, 11) is -3.17. The third kappa shape index (κ3) is 5.12. The number of fused-ring (bicyclic) bond motifs is 1. The molecule has 0 aliphatic carbocycles. The lowest BCUT2D eigenvalue weighted by Crippen LogP contribution is -2.53. The molecule has 3 unspecified atom stereocenters. The largest absolute Gasteiger partial charge is 0.334 e. The first-order valence-electron chi connectivity index (χ1n) is 13.2. The van der Waals surface area contributed by atoms with E-state index in [1.54, 1.807) is 12.1 Å². The van der Waals surface area contributed by atoms with Gasteiger partial charge in [-0.2, -0.15) is 0 Å². The SMILES string of the molecule is CCC1CC(N2CCC([C@H]3CCc4nc(-c5ccc(S(C)(=O)=O)cc5)cn4C3)CC2)CC(C)N1. The lowest BCUT2D eigenvalue weighted by molar-refractivity contribution is 0.0651. The lowest BCUT2D eigenvalue weighted by Gasteiger charge is -2.45. The molecule has 1 aromatic heterocycles. The maximum Gasteiger partial charge on any atom is 0.175 e.